The molecule has 2 aliphatic heterocycles. The molecule has 1 fully saturated rings. The van der Waals surface area contributed by atoms with E-state index < -0.39 is 0 Å². The van der Waals surface area contributed by atoms with Crippen molar-refractivity contribution in [1.29, 1.82) is 0 Å². The van der Waals surface area contributed by atoms with Crippen LogP contribution in [0.1, 0.15) is 24.0 Å². The fourth-order valence-electron chi connectivity index (χ4n) is 2.65. The molecule has 0 saturated carbocycles. The van der Waals surface area contributed by atoms with Crippen LogP contribution in [0.2, 0.25) is 0 Å². The molecule has 0 aromatic heterocycles. The molecule has 1 saturated heterocycles. The third kappa shape index (κ3) is 1.38. The van der Waals surface area contributed by atoms with Gasteiger partial charge in [-0.1, -0.05) is 6.07 Å². The van der Waals surface area contributed by atoms with E-state index in [1.54, 1.807) is 6.07 Å². The van der Waals surface area contributed by atoms with Crippen LogP contribution in [0.3, 0.4) is 0 Å². The van der Waals surface area contributed by atoms with Gasteiger partial charge in [0.15, 0.2) is 0 Å². The minimum Gasteiger partial charge on any atom is -0.364 e. The van der Waals surface area contributed by atoms with Crippen LogP contribution < -0.4 is 5.32 Å². The van der Waals surface area contributed by atoms with Crippen molar-refractivity contribution < 1.29 is 9.13 Å². The summed E-state index contributed by atoms with van der Waals surface area (Å²) in [4.78, 5) is 0. The van der Waals surface area contributed by atoms with E-state index in [4.69, 9.17) is 4.74 Å². The number of ether oxygens (including phenoxy) is 1. The number of hydrogen-bond donors (Lipinski definition) is 1. The minimum atomic E-state index is -0.179. The predicted molar refractivity (Wildman–Crippen MR) is 55.0 cm³/mol. The molecule has 2 aliphatic rings. The number of fused-ring (bicyclic) bond motifs is 2. The van der Waals surface area contributed by atoms with Crippen molar-refractivity contribution in [2.75, 3.05) is 13.1 Å². The Kier molecular flexibility index (Phi) is 2.04. The minimum absolute atomic E-state index is 0.168. The van der Waals surface area contributed by atoms with Crippen molar-refractivity contribution in [1.82, 2.24) is 5.32 Å². The van der Waals surface area contributed by atoms with Crippen LogP contribution >= 0.6 is 0 Å². The lowest BCUT2D eigenvalue weighted by Gasteiger charge is -2.34. The average molecular weight is 207 g/mol. The maximum atomic E-state index is 13.0. The van der Waals surface area contributed by atoms with Crippen molar-refractivity contribution in [3.05, 3.63) is 35.1 Å². The lowest BCUT2D eigenvalue weighted by Crippen LogP contribution is -2.43. The Morgan fingerprint density at radius 3 is 3.13 bits per heavy atom. The van der Waals surface area contributed by atoms with Crippen LogP contribution in [-0.2, 0) is 16.9 Å². The Morgan fingerprint density at radius 2 is 2.33 bits per heavy atom. The first-order chi connectivity index (χ1) is 7.30. The van der Waals surface area contributed by atoms with Gasteiger partial charge in [-0.15, -0.1) is 0 Å². The van der Waals surface area contributed by atoms with E-state index in [9.17, 15) is 4.39 Å². The van der Waals surface area contributed by atoms with Crippen LogP contribution in [0.4, 0.5) is 4.39 Å². The second-order valence-electron chi connectivity index (χ2n) is 4.36. The van der Waals surface area contributed by atoms with E-state index in [1.165, 1.54) is 11.6 Å². The van der Waals surface area contributed by atoms with Gasteiger partial charge >= 0.3 is 0 Å². The second-order valence-corrected chi connectivity index (χ2v) is 4.36. The van der Waals surface area contributed by atoms with Gasteiger partial charge < -0.3 is 10.1 Å². The third-order valence-electron chi connectivity index (χ3n) is 3.41. The van der Waals surface area contributed by atoms with Crippen LogP contribution in [-0.4, -0.2) is 13.1 Å². The van der Waals surface area contributed by atoms with Gasteiger partial charge in [-0.2, -0.15) is 0 Å². The van der Waals surface area contributed by atoms with Crippen molar-refractivity contribution in [2.45, 2.75) is 25.0 Å². The van der Waals surface area contributed by atoms with Gasteiger partial charge in [0, 0.05) is 6.54 Å². The van der Waals surface area contributed by atoms with Gasteiger partial charge in [-0.05, 0) is 42.6 Å². The first-order valence-corrected chi connectivity index (χ1v) is 5.44. The normalized spacial score (nSPS) is 29.4. The van der Waals surface area contributed by atoms with Crippen LogP contribution in [0.25, 0.3) is 0 Å². The lowest BCUT2D eigenvalue weighted by atomic mass is 9.86. The van der Waals surface area contributed by atoms with E-state index in [2.05, 4.69) is 5.32 Å². The predicted octanol–water partition coefficient (Wildman–Crippen LogP) is 1.93. The average Bonchev–Trinajstić information content (AvgIpc) is 2.58. The van der Waals surface area contributed by atoms with Crippen molar-refractivity contribution >= 4 is 0 Å². The number of nitrogens with one attached hydrogen (secondary N) is 1. The van der Waals surface area contributed by atoms with Crippen LogP contribution in [0.5, 0.6) is 0 Å². The van der Waals surface area contributed by atoms with E-state index in [-0.39, 0.29) is 11.4 Å². The lowest BCUT2D eigenvalue weighted by molar-refractivity contribution is -0.0536. The molecule has 2 nitrogen and oxygen atoms in total. The Hall–Kier alpha value is -0.930. The van der Waals surface area contributed by atoms with Gasteiger partial charge in [0.2, 0.25) is 0 Å². The molecular weight excluding hydrogens is 193 g/mol. The summed E-state index contributed by atoms with van der Waals surface area (Å²) in [5.41, 5.74) is 2.01. The van der Waals surface area contributed by atoms with E-state index in [0.717, 1.165) is 31.5 Å². The maximum absolute atomic E-state index is 13.0. The molecule has 1 N–H and O–H groups in total. The summed E-state index contributed by atoms with van der Waals surface area (Å²) in [5, 5.41) is 3.35. The van der Waals surface area contributed by atoms with Crippen molar-refractivity contribution in [3.8, 4) is 0 Å². The molecule has 0 amide bonds. The monoisotopic (exact) mass is 207 g/mol. The molecule has 1 spiro atoms. The summed E-state index contributed by atoms with van der Waals surface area (Å²) in [6.45, 7) is 2.46. The largest absolute Gasteiger partial charge is 0.364 e. The fraction of sp³-hybridized carbons (Fsp3) is 0.500. The van der Waals surface area contributed by atoms with E-state index in [1.807, 2.05) is 6.07 Å². The molecule has 0 aliphatic carbocycles. The number of hydrogen-bond acceptors (Lipinski definition) is 2. The zero-order valence-corrected chi connectivity index (χ0v) is 8.55. The number of halogens is 1. The van der Waals surface area contributed by atoms with Gasteiger partial charge in [-0.25, -0.2) is 4.39 Å². The second kappa shape index (κ2) is 3.29. The topological polar surface area (TPSA) is 21.3 Å². The number of rotatable bonds is 0. The Morgan fingerprint density at radius 1 is 1.40 bits per heavy atom. The van der Waals surface area contributed by atoms with Crippen molar-refractivity contribution in [3.63, 3.8) is 0 Å². The Balaban J connectivity index is 2.03. The van der Waals surface area contributed by atoms with Gasteiger partial charge in [-0.3, -0.25) is 0 Å². The van der Waals surface area contributed by atoms with E-state index >= 15 is 0 Å². The molecule has 0 bridgehead atoms. The molecular formula is C12H14FNO. The maximum Gasteiger partial charge on any atom is 0.123 e. The van der Waals surface area contributed by atoms with E-state index in [0.29, 0.717) is 6.61 Å². The van der Waals surface area contributed by atoms with Gasteiger partial charge in [0.1, 0.15) is 11.4 Å². The molecule has 1 atom stereocenters. The highest BCUT2D eigenvalue weighted by Crippen LogP contribution is 2.41. The highest BCUT2D eigenvalue weighted by Gasteiger charge is 2.40. The third-order valence-corrected chi connectivity index (χ3v) is 3.41. The Labute approximate surface area is 88.4 Å². The van der Waals surface area contributed by atoms with Crippen LogP contribution in [0.15, 0.2) is 18.2 Å². The smallest absolute Gasteiger partial charge is 0.123 e. The molecule has 80 valence electrons. The summed E-state index contributed by atoms with van der Waals surface area (Å²) in [6.07, 6.45) is 2.16. The first-order valence-electron chi connectivity index (χ1n) is 5.44. The zero-order valence-electron chi connectivity index (χ0n) is 8.55. The zero-order chi connectivity index (χ0) is 10.3. The highest BCUT2D eigenvalue weighted by atomic mass is 19.1. The summed E-state index contributed by atoms with van der Waals surface area (Å²) in [7, 11) is 0. The molecule has 1 aromatic carbocycles. The van der Waals surface area contributed by atoms with Gasteiger partial charge in [0.25, 0.3) is 0 Å². The fourth-order valence-corrected chi connectivity index (χ4v) is 2.65. The SMILES string of the molecule is Fc1ccc2c(c1)COC21CCCNC1. The number of piperidine rings is 1. The van der Waals surface area contributed by atoms with Crippen LogP contribution in [0, 0.1) is 5.82 Å². The summed E-state index contributed by atoms with van der Waals surface area (Å²) >= 11 is 0. The highest BCUT2D eigenvalue weighted by molar-refractivity contribution is 5.36. The molecule has 3 rings (SSSR count). The molecule has 1 aromatic rings. The number of benzene rings is 1. The standard InChI is InChI=1S/C12H14FNO/c13-10-2-3-11-9(6-10)7-15-12(11)4-1-5-14-8-12/h2-3,6,14H,1,4-5,7-8H2. The summed E-state index contributed by atoms with van der Waals surface area (Å²) in [6, 6.07) is 5.01. The Bertz CT molecular complexity index is 385. The molecule has 2 heterocycles. The molecule has 0 radical (unpaired) electrons. The molecule has 3 heteroatoms. The first kappa shape index (κ1) is 9.31. The van der Waals surface area contributed by atoms with Crippen molar-refractivity contribution in [2.24, 2.45) is 0 Å². The quantitative estimate of drug-likeness (QED) is 0.702. The molecule has 1 unspecified atom stereocenters. The summed E-state index contributed by atoms with van der Waals surface area (Å²) in [5.74, 6) is -0.168. The summed E-state index contributed by atoms with van der Waals surface area (Å²) < 4.78 is 18.9. The molecule has 15 heavy (non-hydrogen) atoms. The van der Waals surface area contributed by atoms with Gasteiger partial charge in [0.05, 0.1) is 6.61 Å².